The molecule has 0 spiro atoms. The third-order valence-corrected chi connectivity index (χ3v) is 3.94. The Hall–Kier alpha value is -2.24. The Bertz CT molecular complexity index is 566. The second-order valence-electron chi connectivity index (χ2n) is 5.56. The van der Waals surface area contributed by atoms with E-state index in [4.69, 9.17) is 9.47 Å². The predicted octanol–water partition coefficient (Wildman–Crippen LogP) is 1.85. The molecule has 0 atom stereocenters. The molecule has 0 aliphatic carbocycles. The summed E-state index contributed by atoms with van der Waals surface area (Å²) < 4.78 is 10.3. The maximum atomic E-state index is 12.5. The normalized spacial score (nSPS) is 14.6. The number of hydrogen-bond acceptors (Lipinski definition) is 4. The van der Waals surface area contributed by atoms with Crippen LogP contribution >= 0.6 is 0 Å². The van der Waals surface area contributed by atoms with Gasteiger partial charge in [0.15, 0.2) is 0 Å². The Balaban J connectivity index is 1.93. The smallest absolute Gasteiger partial charge is 0.409 e. The van der Waals surface area contributed by atoms with Crippen LogP contribution in [-0.4, -0.2) is 61.7 Å². The first kappa shape index (κ1) is 17.1. The molecule has 0 aromatic heterocycles. The van der Waals surface area contributed by atoms with Gasteiger partial charge >= 0.3 is 6.09 Å². The molecule has 2 rings (SSSR count). The highest BCUT2D eigenvalue weighted by molar-refractivity contribution is 5.80. The van der Waals surface area contributed by atoms with E-state index in [9.17, 15) is 9.59 Å². The largest absolute Gasteiger partial charge is 0.496 e. The van der Waals surface area contributed by atoms with Crippen LogP contribution in [0.3, 0.4) is 0 Å². The molecule has 0 radical (unpaired) electrons. The van der Waals surface area contributed by atoms with Crippen molar-refractivity contribution in [2.75, 3.05) is 39.9 Å². The van der Waals surface area contributed by atoms with Crippen LogP contribution in [0.1, 0.15) is 18.1 Å². The minimum absolute atomic E-state index is 0.0532. The summed E-state index contributed by atoms with van der Waals surface area (Å²) in [4.78, 5) is 27.6. The molecular weight excluding hydrogens is 296 g/mol. The summed E-state index contributed by atoms with van der Waals surface area (Å²) in [5.74, 6) is 0.784. The molecule has 0 saturated carbocycles. The monoisotopic (exact) mass is 320 g/mol. The minimum atomic E-state index is -0.306. The summed E-state index contributed by atoms with van der Waals surface area (Å²) >= 11 is 0. The third kappa shape index (κ3) is 4.37. The highest BCUT2D eigenvalue weighted by Crippen LogP contribution is 2.21. The summed E-state index contributed by atoms with van der Waals surface area (Å²) in [7, 11) is 1.61. The van der Waals surface area contributed by atoms with Crippen molar-refractivity contribution in [2.24, 2.45) is 0 Å². The van der Waals surface area contributed by atoms with Gasteiger partial charge in [0.2, 0.25) is 5.91 Å². The Morgan fingerprint density at radius 2 is 1.78 bits per heavy atom. The van der Waals surface area contributed by atoms with E-state index < -0.39 is 0 Å². The molecule has 6 heteroatoms. The summed E-state index contributed by atoms with van der Waals surface area (Å²) in [5, 5.41) is 0. The lowest BCUT2D eigenvalue weighted by Gasteiger charge is -2.34. The van der Waals surface area contributed by atoms with Gasteiger partial charge < -0.3 is 19.3 Å². The summed E-state index contributed by atoms with van der Waals surface area (Å²) in [6.45, 7) is 6.23. The fourth-order valence-electron chi connectivity index (χ4n) is 2.67. The first-order valence-electron chi connectivity index (χ1n) is 7.88. The summed E-state index contributed by atoms with van der Waals surface area (Å²) in [6, 6.07) is 5.83. The minimum Gasteiger partial charge on any atom is -0.496 e. The maximum Gasteiger partial charge on any atom is 0.409 e. The predicted molar refractivity (Wildman–Crippen MR) is 86.6 cm³/mol. The summed E-state index contributed by atoms with van der Waals surface area (Å²) in [6.07, 6.45) is 0.00418. The fourth-order valence-corrected chi connectivity index (χ4v) is 2.67. The summed E-state index contributed by atoms with van der Waals surface area (Å²) in [5.41, 5.74) is 1.99. The molecule has 6 nitrogen and oxygen atoms in total. The average Bonchev–Trinajstić information content (AvgIpc) is 2.55. The molecule has 1 aliphatic heterocycles. The molecule has 0 unspecified atom stereocenters. The van der Waals surface area contributed by atoms with E-state index in [1.807, 2.05) is 25.1 Å². The SMILES string of the molecule is CCOC(=O)N1CCN(C(=O)Cc2cc(C)ccc2OC)CC1. The number of hydrogen-bond donors (Lipinski definition) is 0. The molecular formula is C17H24N2O4. The topological polar surface area (TPSA) is 59.1 Å². The van der Waals surface area contributed by atoms with Gasteiger partial charge in [-0.2, -0.15) is 0 Å². The lowest BCUT2D eigenvalue weighted by molar-refractivity contribution is -0.132. The van der Waals surface area contributed by atoms with Crippen molar-refractivity contribution in [3.8, 4) is 5.75 Å². The van der Waals surface area contributed by atoms with Crippen molar-refractivity contribution in [1.82, 2.24) is 9.80 Å². The first-order valence-corrected chi connectivity index (χ1v) is 7.88. The van der Waals surface area contributed by atoms with Crippen LogP contribution in [0, 0.1) is 6.92 Å². The zero-order valence-corrected chi connectivity index (χ0v) is 14.0. The van der Waals surface area contributed by atoms with E-state index in [2.05, 4.69) is 0 Å². The number of ether oxygens (including phenoxy) is 2. The van der Waals surface area contributed by atoms with E-state index in [1.54, 1.807) is 23.8 Å². The van der Waals surface area contributed by atoms with Gasteiger partial charge in [-0.3, -0.25) is 4.79 Å². The molecule has 1 fully saturated rings. The number of piperazine rings is 1. The van der Waals surface area contributed by atoms with Crippen LogP contribution in [-0.2, 0) is 16.0 Å². The second kappa shape index (κ2) is 7.85. The molecule has 2 amide bonds. The highest BCUT2D eigenvalue weighted by atomic mass is 16.6. The van der Waals surface area contributed by atoms with Crippen molar-refractivity contribution in [1.29, 1.82) is 0 Å². The van der Waals surface area contributed by atoms with Crippen molar-refractivity contribution >= 4 is 12.0 Å². The molecule has 0 N–H and O–H groups in total. The molecule has 1 aromatic carbocycles. The van der Waals surface area contributed by atoms with Gasteiger partial charge in [0, 0.05) is 31.7 Å². The Kier molecular flexibility index (Phi) is 5.84. The quantitative estimate of drug-likeness (QED) is 0.849. The Morgan fingerprint density at radius 3 is 2.39 bits per heavy atom. The lowest BCUT2D eigenvalue weighted by Crippen LogP contribution is -2.51. The van der Waals surface area contributed by atoms with Gasteiger partial charge in [-0.05, 0) is 19.9 Å². The van der Waals surface area contributed by atoms with Gasteiger partial charge in [-0.25, -0.2) is 4.79 Å². The number of methoxy groups -OCH3 is 1. The molecule has 1 aliphatic rings. The van der Waals surface area contributed by atoms with E-state index >= 15 is 0 Å². The van der Waals surface area contributed by atoms with Gasteiger partial charge in [0.25, 0.3) is 0 Å². The van der Waals surface area contributed by atoms with E-state index in [-0.39, 0.29) is 12.0 Å². The molecule has 23 heavy (non-hydrogen) atoms. The van der Waals surface area contributed by atoms with E-state index in [1.165, 1.54) is 0 Å². The fraction of sp³-hybridized carbons (Fsp3) is 0.529. The Labute approximate surface area is 137 Å². The van der Waals surface area contributed by atoms with E-state index in [0.29, 0.717) is 39.2 Å². The number of carbonyl (C=O) groups is 2. The van der Waals surface area contributed by atoms with Crippen molar-refractivity contribution < 1.29 is 19.1 Å². The third-order valence-electron chi connectivity index (χ3n) is 3.94. The number of aryl methyl sites for hydroxylation is 1. The molecule has 1 heterocycles. The molecule has 1 aromatic rings. The number of benzene rings is 1. The Morgan fingerprint density at radius 1 is 1.13 bits per heavy atom. The number of rotatable bonds is 4. The standard InChI is InChI=1S/C17H24N2O4/c1-4-23-17(21)19-9-7-18(8-10-19)16(20)12-14-11-13(2)5-6-15(14)22-3/h5-6,11H,4,7-10,12H2,1-3H3. The maximum absolute atomic E-state index is 12.5. The van der Waals surface area contributed by atoms with Gasteiger partial charge in [0.05, 0.1) is 20.1 Å². The van der Waals surface area contributed by atoms with Crippen LogP contribution in [0.4, 0.5) is 4.79 Å². The van der Waals surface area contributed by atoms with Gasteiger partial charge in [-0.1, -0.05) is 17.7 Å². The average molecular weight is 320 g/mol. The number of nitrogens with zero attached hydrogens (tertiary/aromatic N) is 2. The molecule has 1 saturated heterocycles. The molecule has 0 bridgehead atoms. The van der Waals surface area contributed by atoms with E-state index in [0.717, 1.165) is 16.9 Å². The lowest BCUT2D eigenvalue weighted by atomic mass is 10.1. The molecule has 126 valence electrons. The number of carbonyl (C=O) groups excluding carboxylic acids is 2. The van der Waals surface area contributed by atoms with Crippen LogP contribution in [0.2, 0.25) is 0 Å². The van der Waals surface area contributed by atoms with Crippen LogP contribution < -0.4 is 4.74 Å². The van der Waals surface area contributed by atoms with Gasteiger partial charge in [0.1, 0.15) is 5.75 Å². The van der Waals surface area contributed by atoms with Crippen LogP contribution in [0.5, 0.6) is 5.75 Å². The highest BCUT2D eigenvalue weighted by Gasteiger charge is 2.25. The van der Waals surface area contributed by atoms with Crippen molar-refractivity contribution in [2.45, 2.75) is 20.3 Å². The van der Waals surface area contributed by atoms with Crippen LogP contribution in [0.25, 0.3) is 0 Å². The van der Waals surface area contributed by atoms with Crippen LogP contribution in [0.15, 0.2) is 18.2 Å². The second-order valence-corrected chi connectivity index (χ2v) is 5.56. The van der Waals surface area contributed by atoms with Crippen molar-refractivity contribution in [3.05, 3.63) is 29.3 Å². The van der Waals surface area contributed by atoms with Crippen molar-refractivity contribution in [3.63, 3.8) is 0 Å². The van der Waals surface area contributed by atoms with Gasteiger partial charge in [-0.15, -0.1) is 0 Å². The first-order chi connectivity index (χ1) is 11.0. The zero-order valence-electron chi connectivity index (χ0n) is 14.0. The number of amides is 2. The zero-order chi connectivity index (χ0) is 16.8.